The second-order valence-electron chi connectivity index (χ2n) is 10.8. The third-order valence-corrected chi connectivity index (χ3v) is 8.02. The van der Waals surface area contributed by atoms with Gasteiger partial charge in [-0.05, 0) is 54.2 Å². The van der Waals surface area contributed by atoms with Crippen LogP contribution in [0, 0.1) is 11.6 Å². The number of carbonyl (C=O) groups is 4. The van der Waals surface area contributed by atoms with Gasteiger partial charge < -0.3 is 10.2 Å². The van der Waals surface area contributed by atoms with Gasteiger partial charge in [0.15, 0.2) is 5.54 Å². The molecule has 1 aliphatic heterocycles. The fourth-order valence-electron chi connectivity index (χ4n) is 5.63. The molecular formula is C29H26F6N6O4. The number of likely N-dealkylation sites (N-methyl/N-ethyl adjacent to an activating group) is 1. The molecule has 1 fully saturated rings. The van der Waals surface area contributed by atoms with Gasteiger partial charge in [-0.2, -0.15) is 18.3 Å². The molecule has 2 atom stereocenters. The average Bonchev–Trinajstić information content (AvgIpc) is 3.65. The van der Waals surface area contributed by atoms with Gasteiger partial charge in [0.05, 0.1) is 6.20 Å². The van der Waals surface area contributed by atoms with E-state index < -0.39 is 60.3 Å². The Labute approximate surface area is 252 Å². The first-order valence-electron chi connectivity index (χ1n) is 13.7. The molecule has 1 aliphatic carbocycles. The van der Waals surface area contributed by atoms with Crippen molar-refractivity contribution in [2.75, 3.05) is 13.6 Å². The number of hydrogen-bond acceptors (Lipinski definition) is 5. The number of rotatable bonds is 8. The number of halogens is 6. The first kappa shape index (κ1) is 31.5. The van der Waals surface area contributed by atoms with Crippen LogP contribution in [0.3, 0.4) is 0 Å². The molecule has 0 bridgehead atoms. The van der Waals surface area contributed by atoms with E-state index in [1.54, 1.807) is 18.3 Å². The summed E-state index contributed by atoms with van der Waals surface area (Å²) < 4.78 is 85.6. The SMILES string of the molecule is CNC(=O)Cn1cc(-c2ccc3c(c2)CC[C@@]32C(=O)N(CC(=O)N(Cc3cc(F)cc(F)c3)[C@@H](C)C(F)(F)F)C(=O)N2F)cn1. The largest absolute Gasteiger partial charge is 0.408 e. The third kappa shape index (κ3) is 5.71. The molecule has 1 spiro atoms. The average molecular weight is 637 g/mol. The number of fused-ring (bicyclic) bond motifs is 2. The number of hydrogen-bond donors (Lipinski definition) is 1. The number of imide groups is 1. The molecule has 2 aromatic carbocycles. The van der Waals surface area contributed by atoms with E-state index in [2.05, 4.69) is 10.4 Å². The van der Waals surface area contributed by atoms with Crippen LogP contribution < -0.4 is 5.32 Å². The van der Waals surface area contributed by atoms with E-state index in [4.69, 9.17) is 0 Å². The summed E-state index contributed by atoms with van der Waals surface area (Å²) in [5, 5.41) is 6.30. The lowest BCUT2D eigenvalue weighted by Gasteiger charge is -2.32. The number of urea groups is 1. The van der Waals surface area contributed by atoms with Crippen molar-refractivity contribution < 1.29 is 45.6 Å². The Morgan fingerprint density at radius 2 is 1.76 bits per heavy atom. The highest BCUT2D eigenvalue weighted by Crippen LogP contribution is 2.48. The number of aromatic nitrogens is 2. The lowest BCUT2D eigenvalue weighted by molar-refractivity contribution is -0.187. The minimum atomic E-state index is -4.98. The van der Waals surface area contributed by atoms with Crippen molar-refractivity contribution in [1.82, 2.24) is 30.0 Å². The lowest BCUT2D eigenvalue weighted by Crippen LogP contribution is -2.51. The Kier molecular flexibility index (Phi) is 8.10. The summed E-state index contributed by atoms with van der Waals surface area (Å²) in [7, 11) is 1.48. The second-order valence-corrected chi connectivity index (χ2v) is 10.8. The van der Waals surface area contributed by atoms with E-state index in [1.807, 2.05) is 0 Å². The van der Waals surface area contributed by atoms with Crippen molar-refractivity contribution in [1.29, 1.82) is 0 Å². The van der Waals surface area contributed by atoms with Gasteiger partial charge in [0, 0.05) is 31.4 Å². The van der Waals surface area contributed by atoms with Gasteiger partial charge in [-0.1, -0.05) is 22.7 Å². The number of nitrogens with zero attached hydrogens (tertiary/aromatic N) is 5. The van der Waals surface area contributed by atoms with E-state index in [9.17, 15) is 41.1 Å². The molecule has 238 valence electrons. The summed E-state index contributed by atoms with van der Waals surface area (Å²) in [4.78, 5) is 52.0. The van der Waals surface area contributed by atoms with Gasteiger partial charge in [0.25, 0.3) is 5.91 Å². The number of benzene rings is 2. The van der Waals surface area contributed by atoms with Crippen molar-refractivity contribution in [3.05, 3.63) is 77.1 Å². The van der Waals surface area contributed by atoms with E-state index in [0.717, 1.165) is 12.1 Å². The monoisotopic (exact) mass is 636 g/mol. The highest BCUT2D eigenvalue weighted by molar-refractivity contribution is 6.09. The number of carbonyl (C=O) groups excluding carboxylic acids is 4. The van der Waals surface area contributed by atoms with Crippen LogP contribution in [0.25, 0.3) is 11.1 Å². The van der Waals surface area contributed by atoms with E-state index >= 15 is 4.48 Å². The van der Waals surface area contributed by atoms with Crippen LogP contribution in [-0.2, 0) is 39.4 Å². The predicted octanol–water partition coefficient (Wildman–Crippen LogP) is 3.84. The zero-order valence-electron chi connectivity index (χ0n) is 23.9. The minimum Gasteiger partial charge on any atom is -0.358 e. The van der Waals surface area contributed by atoms with Gasteiger partial charge in [0.2, 0.25) is 11.8 Å². The van der Waals surface area contributed by atoms with Crippen LogP contribution in [0.4, 0.5) is 31.2 Å². The molecule has 2 aliphatic rings. The maximum absolute atomic E-state index is 15.7. The van der Waals surface area contributed by atoms with Gasteiger partial charge in [-0.25, -0.2) is 13.6 Å². The summed E-state index contributed by atoms with van der Waals surface area (Å²) in [6, 6.07) is 2.67. The highest BCUT2D eigenvalue weighted by Gasteiger charge is 2.62. The lowest BCUT2D eigenvalue weighted by atomic mass is 9.90. The number of amides is 5. The molecule has 1 saturated heterocycles. The molecular weight excluding hydrogens is 610 g/mol. The van der Waals surface area contributed by atoms with E-state index in [-0.39, 0.29) is 51.3 Å². The Balaban J connectivity index is 1.40. The molecule has 3 aromatic rings. The normalized spacial score (nSPS) is 18.5. The summed E-state index contributed by atoms with van der Waals surface area (Å²) in [5.74, 6) is -4.96. The maximum atomic E-state index is 15.7. The number of alkyl halides is 3. The predicted molar refractivity (Wildman–Crippen MR) is 144 cm³/mol. The van der Waals surface area contributed by atoms with Crippen molar-refractivity contribution in [3.63, 3.8) is 0 Å². The number of aryl methyl sites for hydroxylation is 1. The first-order valence-corrected chi connectivity index (χ1v) is 13.7. The van der Waals surface area contributed by atoms with Crippen LogP contribution in [-0.4, -0.2) is 74.3 Å². The standard InChI is InChI=1S/C29H26F6N6O4/c1-16(29(32,33)34)39(12-17-7-21(30)10-22(31)8-17)25(43)15-40-26(44)28(41(35)27(40)45)6-5-19-9-18(3-4-23(19)28)20-11-37-38(13-20)14-24(42)36-2/h3-4,7-11,13,16H,5-6,12,14-15H2,1-2H3,(H,36,42)/t16-,28-/m0/s1. The zero-order chi connectivity index (χ0) is 32.8. The van der Waals surface area contributed by atoms with Crippen molar-refractivity contribution in [3.8, 4) is 11.1 Å². The Hall–Kier alpha value is -4.89. The van der Waals surface area contributed by atoms with Crippen LogP contribution in [0.5, 0.6) is 0 Å². The summed E-state index contributed by atoms with van der Waals surface area (Å²) >= 11 is 0. The van der Waals surface area contributed by atoms with Crippen LogP contribution >= 0.6 is 0 Å². The third-order valence-electron chi connectivity index (χ3n) is 8.02. The molecule has 16 heteroatoms. The molecule has 2 heterocycles. The molecule has 45 heavy (non-hydrogen) atoms. The molecule has 0 saturated carbocycles. The molecule has 5 amide bonds. The van der Waals surface area contributed by atoms with Gasteiger partial charge >= 0.3 is 12.2 Å². The summed E-state index contributed by atoms with van der Waals surface area (Å²) in [6.45, 7) is -1.53. The van der Waals surface area contributed by atoms with Gasteiger partial charge in [0.1, 0.15) is 30.8 Å². The van der Waals surface area contributed by atoms with Crippen molar-refractivity contribution >= 4 is 23.8 Å². The minimum absolute atomic E-state index is 0.0230. The zero-order valence-corrected chi connectivity index (χ0v) is 23.9. The van der Waals surface area contributed by atoms with Crippen molar-refractivity contribution in [2.45, 2.75) is 50.6 Å². The second kappa shape index (κ2) is 11.6. The fourth-order valence-corrected chi connectivity index (χ4v) is 5.63. The maximum Gasteiger partial charge on any atom is 0.408 e. The van der Waals surface area contributed by atoms with Crippen LogP contribution in [0.2, 0.25) is 0 Å². The topological polar surface area (TPSA) is 108 Å². The summed E-state index contributed by atoms with van der Waals surface area (Å²) in [5.41, 5.74) is -0.522. The molecule has 10 nitrogen and oxygen atoms in total. The summed E-state index contributed by atoms with van der Waals surface area (Å²) in [6.07, 6.45) is -1.89. The smallest absolute Gasteiger partial charge is 0.358 e. The van der Waals surface area contributed by atoms with Crippen LogP contribution in [0.1, 0.15) is 30.0 Å². The molecule has 1 N–H and O–H groups in total. The van der Waals surface area contributed by atoms with E-state index in [1.165, 1.54) is 24.0 Å². The quantitative estimate of drug-likeness (QED) is 0.230. The Bertz CT molecular complexity index is 1670. The van der Waals surface area contributed by atoms with Crippen molar-refractivity contribution in [2.24, 2.45) is 0 Å². The fraction of sp³-hybridized carbons (Fsp3) is 0.345. The number of nitrogens with one attached hydrogen (secondary N) is 1. The molecule has 5 rings (SSSR count). The van der Waals surface area contributed by atoms with E-state index in [0.29, 0.717) is 29.7 Å². The highest BCUT2D eigenvalue weighted by atomic mass is 19.4. The Morgan fingerprint density at radius 3 is 2.40 bits per heavy atom. The molecule has 0 radical (unpaired) electrons. The Morgan fingerprint density at radius 1 is 1.07 bits per heavy atom. The molecule has 0 unspecified atom stereocenters. The molecule has 1 aromatic heterocycles. The van der Waals surface area contributed by atoms with Gasteiger partial charge in [-0.15, -0.1) is 5.12 Å². The van der Waals surface area contributed by atoms with Crippen LogP contribution in [0.15, 0.2) is 48.8 Å². The first-order chi connectivity index (χ1) is 21.1. The van der Waals surface area contributed by atoms with Gasteiger partial charge in [-0.3, -0.25) is 24.0 Å².